The molecule has 0 unspecified atom stereocenters. The minimum absolute atomic E-state index is 0.0208. The van der Waals surface area contributed by atoms with Crippen molar-refractivity contribution >= 4 is 11.6 Å². The summed E-state index contributed by atoms with van der Waals surface area (Å²) in [5, 5.41) is 8.75. The zero-order valence-corrected chi connectivity index (χ0v) is 9.85. The maximum atomic E-state index is 12.3. The van der Waals surface area contributed by atoms with E-state index in [0.717, 1.165) is 4.90 Å². The number of nitrogen functional groups attached to an aromatic ring is 1. The van der Waals surface area contributed by atoms with E-state index >= 15 is 0 Å². The first-order valence-corrected chi connectivity index (χ1v) is 5.54. The number of nitrogens with zero attached hydrogens (tertiary/aromatic N) is 1. The van der Waals surface area contributed by atoms with E-state index in [-0.39, 0.29) is 19.6 Å². The van der Waals surface area contributed by atoms with Crippen LogP contribution in [-0.2, 0) is 11.2 Å². The van der Waals surface area contributed by atoms with E-state index in [1.165, 1.54) is 0 Å². The van der Waals surface area contributed by atoms with E-state index in [2.05, 4.69) is 0 Å². The SMILES string of the molecule is Nc1ccc(CC(=O)N(CCO)CC(F)F)cc1. The number of carbonyl (C=O) groups is 1. The van der Waals surface area contributed by atoms with Gasteiger partial charge in [0.15, 0.2) is 0 Å². The molecule has 18 heavy (non-hydrogen) atoms. The van der Waals surface area contributed by atoms with Crippen LogP contribution in [0.3, 0.4) is 0 Å². The number of aliphatic hydroxyl groups excluding tert-OH is 1. The topological polar surface area (TPSA) is 66.6 Å². The molecule has 100 valence electrons. The number of alkyl halides is 2. The van der Waals surface area contributed by atoms with E-state index in [1.54, 1.807) is 24.3 Å². The highest BCUT2D eigenvalue weighted by molar-refractivity contribution is 5.78. The molecule has 1 rings (SSSR count). The third kappa shape index (κ3) is 4.67. The zero-order valence-electron chi connectivity index (χ0n) is 9.85. The summed E-state index contributed by atoms with van der Waals surface area (Å²) in [5.74, 6) is -0.436. The number of anilines is 1. The van der Waals surface area contributed by atoms with E-state index in [0.29, 0.717) is 11.3 Å². The molecule has 1 aromatic rings. The number of benzene rings is 1. The molecule has 1 amide bonds. The smallest absolute Gasteiger partial charge is 0.255 e. The molecule has 0 atom stereocenters. The predicted molar refractivity (Wildman–Crippen MR) is 64.2 cm³/mol. The van der Waals surface area contributed by atoms with Crippen molar-refractivity contribution in [3.63, 3.8) is 0 Å². The average molecular weight is 258 g/mol. The molecular weight excluding hydrogens is 242 g/mol. The van der Waals surface area contributed by atoms with Gasteiger partial charge in [-0.25, -0.2) is 8.78 Å². The standard InChI is InChI=1S/C12H16F2N2O2/c13-11(14)8-16(5-6-17)12(18)7-9-1-3-10(15)4-2-9/h1-4,11,17H,5-8,15H2. The van der Waals surface area contributed by atoms with E-state index < -0.39 is 18.9 Å². The molecule has 0 heterocycles. The largest absolute Gasteiger partial charge is 0.399 e. The normalized spacial score (nSPS) is 10.7. The van der Waals surface area contributed by atoms with Crippen molar-refractivity contribution in [2.75, 3.05) is 25.4 Å². The third-order valence-electron chi connectivity index (χ3n) is 2.42. The van der Waals surface area contributed by atoms with Gasteiger partial charge >= 0.3 is 0 Å². The molecule has 4 nitrogen and oxygen atoms in total. The fraction of sp³-hybridized carbons (Fsp3) is 0.417. The van der Waals surface area contributed by atoms with E-state index in [4.69, 9.17) is 10.8 Å². The first kappa shape index (κ1) is 14.4. The summed E-state index contributed by atoms with van der Waals surface area (Å²) in [6.07, 6.45) is -2.58. The van der Waals surface area contributed by atoms with Crippen LogP contribution in [0, 0.1) is 0 Å². The van der Waals surface area contributed by atoms with Crippen LogP contribution in [0.15, 0.2) is 24.3 Å². The summed E-state index contributed by atoms with van der Waals surface area (Å²) in [6, 6.07) is 6.64. The molecule has 6 heteroatoms. The summed E-state index contributed by atoms with van der Waals surface area (Å²) in [4.78, 5) is 12.7. The van der Waals surface area contributed by atoms with Crippen LogP contribution in [0.5, 0.6) is 0 Å². The lowest BCUT2D eigenvalue weighted by Gasteiger charge is -2.21. The Labute approximate surface area is 104 Å². The van der Waals surface area contributed by atoms with Crippen molar-refractivity contribution in [3.8, 4) is 0 Å². The van der Waals surface area contributed by atoms with Crippen molar-refractivity contribution in [1.29, 1.82) is 0 Å². The number of halogens is 2. The molecule has 0 aliphatic carbocycles. The van der Waals surface area contributed by atoms with Crippen LogP contribution in [0.2, 0.25) is 0 Å². The van der Waals surface area contributed by atoms with Gasteiger partial charge in [-0.05, 0) is 17.7 Å². The van der Waals surface area contributed by atoms with Crippen LogP contribution in [-0.4, -0.2) is 42.0 Å². The number of nitrogens with two attached hydrogens (primary N) is 1. The summed E-state index contributed by atoms with van der Waals surface area (Å²) in [7, 11) is 0. The number of aliphatic hydroxyl groups is 1. The Morgan fingerprint density at radius 3 is 2.44 bits per heavy atom. The highest BCUT2D eigenvalue weighted by Crippen LogP contribution is 2.08. The van der Waals surface area contributed by atoms with Crippen LogP contribution in [0.25, 0.3) is 0 Å². The van der Waals surface area contributed by atoms with Gasteiger partial charge in [-0.3, -0.25) is 4.79 Å². The highest BCUT2D eigenvalue weighted by Gasteiger charge is 2.17. The van der Waals surface area contributed by atoms with Crippen molar-refractivity contribution < 1.29 is 18.7 Å². The second kappa shape index (κ2) is 6.90. The number of carbonyl (C=O) groups excluding carboxylic acids is 1. The molecule has 0 radical (unpaired) electrons. The van der Waals surface area contributed by atoms with E-state index in [1.807, 2.05) is 0 Å². The van der Waals surface area contributed by atoms with Crippen LogP contribution in [0.1, 0.15) is 5.56 Å². The van der Waals surface area contributed by atoms with Crippen molar-refractivity contribution in [3.05, 3.63) is 29.8 Å². The second-order valence-corrected chi connectivity index (χ2v) is 3.87. The molecule has 1 aromatic carbocycles. The van der Waals surface area contributed by atoms with Gasteiger partial charge in [-0.2, -0.15) is 0 Å². The van der Waals surface area contributed by atoms with Gasteiger partial charge in [-0.15, -0.1) is 0 Å². The Bertz CT molecular complexity index is 382. The molecule has 0 aliphatic heterocycles. The first-order chi connectivity index (χ1) is 8.52. The van der Waals surface area contributed by atoms with Gasteiger partial charge < -0.3 is 15.7 Å². The number of hydrogen-bond donors (Lipinski definition) is 2. The zero-order chi connectivity index (χ0) is 13.5. The number of hydrogen-bond acceptors (Lipinski definition) is 3. The molecule has 0 fully saturated rings. The lowest BCUT2D eigenvalue weighted by Crippen LogP contribution is -2.38. The fourth-order valence-electron chi connectivity index (χ4n) is 1.53. The number of amides is 1. The average Bonchev–Trinajstić information content (AvgIpc) is 2.31. The van der Waals surface area contributed by atoms with E-state index in [9.17, 15) is 13.6 Å². The summed E-state index contributed by atoms with van der Waals surface area (Å²) < 4.78 is 24.5. The maximum Gasteiger partial charge on any atom is 0.255 e. The molecule has 0 aromatic heterocycles. The van der Waals surface area contributed by atoms with Gasteiger partial charge in [0, 0.05) is 12.2 Å². The number of rotatable bonds is 6. The van der Waals surface area contributed by atoms with Gasteiger partial charge in [-0.1, -0.05) is 12.1 Å². The van der Waals surface area contributed by atoms with Crippen LogP contribution >= 0.6 is 0 Å². The third-order valence-corrected chi connectivity index (χ3v) is 2.42. The molecule has 0 spiro atoms. The van der Waals surface area contributed by atoms with Crippen molar-refractivity contribution in [2.24, 2.45) is 0 Å². The van der Waals surface area contributed by atoms with Gasteiger partial charge in [0.1, 0.15) is 0 Å². The van der Waals surface area contributed by atoms with Gasteiger partial charge in [0.05, 0.1) is 19.6 Å². The summed E-state index contributed by atoms with van der Waals surface area (Å²) in [6.45, 7) is -1.08. The molecule has 0 bridgehead atoms. The minimum atomic E-state index is -2.60. The lowest BCUT2D eigenvalue weighted by atomic mass is 10.1. The summed E-state index contributed by atoms with van der Waals surface area (Å²) in [5.41, 5.74) is 6.78. The maximum absolute atomic E-state index is 12.3. The molecular formula is C12H16F2N2O2. The van der Waals surface area contributed by atoms with Gasteiger partial charge in [0.25, 0.3) is 6.43 Å². The lowest BCUT2D eigenvalue weighted by molar-refractivity contribution is -0.133. The second-order valence-electron chi connectivity index (χ2n) is 3.87. The predicted octanol–water partition coefficient (Wildman–Crippen LogP) is 0.897. The van der Waals surface area contributed by atoms with Crippen LogP contribution < -0.4 is 5.73 Å². The van der Waals surface area contributed by atoms with Crippen molar-refractivity contribution in [1.82, 2.24) is 4.90 Å². The Morgan fingerprint density at radius 2 is 1.94 bits per heavy atom. The summed E-state index contributed by atoms with van der Waals surface area (Å²) >= 11 is 0. The van der Waals surface area contributed by atoms with Crippen LogP contribution in [0.4, 0.5) is 14.5 Å². The van der Waals surface area contributed by atoms with Gasteiger partial charge in [0.2, 0.25) is 5.91 Å². The Kier molecular flexibility index (Phi) is 5.51. The molecule has 0 aliphatic rings. The molecule has 0 saturated carbocycles. The minimum Gasteiger partial charge on any atom is -0.399 e. The Morgan fingerprint density at radius 1 is 1.33 bits per heavy atom. The quantitative estimate of drug-likeness (QED) is 0.745. The first-order valence-electron chi connectivity index (χ1n) is 5.54. The highest BCUT2D eigenvalue weighted by atomic mass is 19.3. The fourth-order valence-corrected chi connectivity index (χ4v) is 1.53. The monoisotopic (exact) mass is 258 g/mol. The molecule has 3 N–H and O–H groups in total. The molecule has 0 saturated heterocycles. The van der Waals surface area contributed by atoms with Crippen molar-refractivity contribution in [2.45, 2.75) is 12.8 Å². The Hall–Kier alpha value is -1.69. The Balaban J connectivity index is 2.63.